The van der Waals surface area contributed by atoms with Gasteiger partial charge in [0.05, 0.1) is 0 Å². The van der Waals surface area contributed by atoms with E-state index in [1.165, 1.54) is 0 Å². The molecule has 112 valence electrons. The van der Waals surface area contributed by atoms with Crippen LogP contribution in [0.2, 0.25) is 0 Å². The summed E-state index contributed by atoms with van der Waals surface area (Å²) in [6.45, 7) is 2.66. The Labute approximate surface area is 116 Å². The monoisotopic (exact) mass is 289 g/mol. The molecule has 1 aliphatic rings. The Hall–Kier alpha value is -1.43. The average Bonchev–Trinajstić information content (AvgIpc) is 2.83. The van der Waals surface area contributed by atoms with Crippen LogP contribution in [-0.2, 0) is 6.54 Å². The van der Waals surface area contributed by atoms with E-state index in [0.717, 1.165) is 11.3 Å². The molecule has 20 heavy (non-hydrogen) atoms. The lowest BCUT2D eigenvalue weighted by Gasteiger charge is -2.15. The first-order valence-electron chi connectivity index (χ1n) is 6.63. The maximum atomic E-state index is 12.1. The van der Waals surface area contributed by atoms with Crippen LogP contribution in [-0.4, -0.2) is 19.0 Å². The third kappa shape index (κ3) is 4.30. The van der Waals surface area contributed by atoms with Gasteiger partial charge < -0.3 is 14.8 Å². The Morgan fingerprint density at radius 1 is 1.30 bits per heavy atom. The van der Waals surface area contributed by atoms with Crippen LogP contribution in [0.25, 0.3) is 0 Å². The maximum Gasteiger partial charge on any atom is 0.389 e. The topological polar surface area (TPSA) is 30.5 Å². The standard InChI is InChI=1S/C14H18F3NO2/c1-10(4-3-7-14(15,16)17)18-8-11-5-2-6-12-13(11)20-9-19-12/h2,5-6,10,18H,3-4,7-9H2,1H3. The van der Waals surface area contributed by atoms with Crippen molar-refractivity contribution in [3.63, 3.8) is 0 Å². The van der Waals surface area contributed by atoms with Crippen molar-refractivity contribution in [3.05, 3.63) is 23.8 Å². The number of fused-ring (bicyclic) bond motifs is 1. The smallest absolute Gasteiger partial charge is 0.389 e. The fourth-order valence-corrected chi connectivity index (χ4v) is 2.12. The summed E-state index contributed by atoms with van der Waals surface area (Å²) in [6, 6.07) is 5.65. The van der Waals surface area contributed by atoms with Crippen molar-refractivity contribution in [1.82, 2.24) is 5.32 Å². The summed E-state index contributed by atoms with van der Waals surface area (Å²) in [5, 5.41) is 3.21. The van der Waals surface area contributed by atoms with Crippen molar-refractivity contribution in [1.29, 1.82) is 0 Å². The minimum absolute atomic E-state index is 0.0236. The molecule has 6 heteroatoms. The Balaban J connectivity index is 1.76. The average molecular weight is 289 g/mol. The molecule has 1 N–H and O–H groups in total. The van der Waals surface area contributed by atoms with Gasteiger partial charge in [-0.2, -0.15) is 13.2 Å². The summed E-state index contributed by atoms with van der Waals surface area (Å²) in [7, 11) is 0. The minimum Gasteiger partial charge on any atom is -0.454 e. The third-order valence-electron chi connectivity index (χ3n) is 3.22. The predicted octanol–water partition coefficient (Wildman–Crippen LogP) is 3.63. The van der Waals surface area contributed by atoms with Crippen LogP contribution in [0.4, 0.5) is 13.2 Å². The molecular formula is C14H18F3NO2. The van der Waals surface area contributed by atoms with Crippen LogP contribution >= 0.6 is 0 Å². The molecular weight excluding hydrogens is 271 g/mol. The fourth-order valence-electron chi connectivity index (χ4n) is 2.12. The lowest BCUT2D eigenvalue weighted by molar-refractivity contribution is -0.135. The van der Waals surface area contributed by atoms with Crippen molar-refractivity contribution in [3.8, 4) is 11.5 Å². The molecule has 0 radical (unpaired) electrons. The number of rotatable bonds is 6. The molecule has 0 spiro atoms. The molecule has 3 nitrogen and oxygen atoms in total. The summed E-state index contributed by atoms with van der Waals surface area (Å²) in [6.07, 6.45) is -4.15. The number of alkyl halides is 3. The molecule has 0 fully saturated rings. The zero-order chi connectivity index (χ0) is 14.6. The van der Waals surface area contributed by atoms with Gasteiger partial charge in [-0.15, -0.1) is 0 Å². The van der Waals surface area contributed by atoms with Gasteiger partial charge >= 0.3 is 6.18 Å². The lowest BCUT2D eigenvalue weighted by Crippen LogP contribution is -2.26. The van der Waals surface area contributed by atoms with Crippen molar-refractivity contribution in [2.45, 2.75) is 44.9 Å². The molecule has 1 aromatic rings. The zero-order valence-electron chi connectivity index (χ0n) is 11.3. The predicted molar refractivity (Wildman–Crippen MR) is 68.8 cm³/mol. The summed E-state index contributed by atoms with van der Waals surface area (Å²) in [5.74, 6) is 1.44. The quantitative estimate of drug-likeness (QED) is 0.867. The molecule has 2 rings (SSSR count). The van der Waals surface area contributed by atoms with E-state index in [1.54, 1.807) is 0 Å². The number of para-hydroxylation sites is 1. The first-order valence-corrected chi connectivity index (χ1v) is 6.63. The highest BCUT2D eigenvalue weighted by atomic mass is 19.4. The van der Waals surface area contributed by atoms with Gasteiger partial charge in [0.25, 0.3) is 0 Å². The van der Waals surface area contributed by atoms with Gasteiger partial charge in [-0.05, 0) is 25.8 Å². The molecule has 1 aliphatic heterocycles. The van der Waals surface area contributed by atoms with Gasteiger partial charge in [-0.25, -0.2) is 0 Å². The SMILES string of the molecule is CC(CCCC(F)(F)F)NCc1cccc2c1OCO2. The number of nitrogens with one attached hydrogen (secondary N) is 1. The summed E-state index contributed by atoms with van der Waals surface area (Å²) in [5.41, 5.74) is 0.961. The van der Waals surface area contributed by atoms with Crippen LogP contribution < -0.4 is 14.8 Å². The Bertz CT molecular complexity index is 449. The Morgan fingerprint density at radius 2 is 2.10 bits per heavy atom. The maximum absolute atomic E-state index is 12.1. The van der Waals surface area contributed by atoms with E-state index < -0.39 is 12.6 Å². The number of halogens is 3. The second-order valence-electron chi connectivity index (χ2n) is 4.94. The largest absolute Gasteiger partial charge is 0.454 e. The summed E-state index contributed by atoms with van der Waals surface area (Å²) in [4.78, 5) is 0. The van der Waals surface area contributed by atoms with E-state index >= 15 is 0 Å². The van der Waals surface area contributed by atoms with E-state index in [0.29, 0.717) is 18.7 Å². The van der Waals surface area contributed by atoms with Gasteiger partial charge in [0.1, 0.15) is 0 Å². The second kappa shape index (κ2) is 6.35. The first-order chi connectivity index (χ1) is 9.46. The summed E-state index contributed by atoms with van der Waals surface area (Å²) >= 11 is 0. The molecule has 1 unspecified atom stereocenters. The summed E-state index contributed by atoms with van der Waals surface area (Å²) < 4.78 is 46.8. The highest BCUT2D eigenvalue weighted by Crippen LogP contribution is 2.35. The Kier molecular flexibility index (Phi) is 4.75. The minimum atomic E-state index is -4.06. The lowest BCUT2D eigenvalue weighted by atomic mass is 10.1. The number of hydrogen-bond donors (Lipinski definition) is 1. The van der Waals surface area contributed by atoms with Gasteiger partial charge in [0.15, 0.2) is 11.5 Å². The molecule has 0 amide bonds. The Morgan fingerprint density at radius 3 is 2.85 bits per heavy atom. The van der Waals surface area contributed by atoms with E-state index in [4.69, 9.17) is 9.47 Å². The van der Waals surface area contributed by atoms with Crippen molar-refractivity contribution in [2.75, 3.05) is 6.79 Å². The van der Waals surface area contributed by atoms with Crippen molar-refractivity contribution < 1.29 is 22.6 Å². The number of ether oxygens (including phenoxy) is 2. The van der Waals surface area contributed by atoms with Crippen LogP contribution in [0.1, 0.15) is 31.7 Å². The van der Waals surface area contributed by atoms with Crippen molar-refractivity contribution >= 4 is 0 Å². The molecule has 1 atom stereocenters. The zero-order valence-corrected chi connectivity index (χ0v) is 11.3. The van der Waals surface area contributed by atoms with Gasteiger partial charge in [-0.3, -0.25) is 0 Å². The normalized spacial score (nSPS) is 15.4. The van der Waals surface area contributed by atoms with Crippen LogP contribution in [0.5, 0.6) is 11.5 Å². The molecule has 0 bridgehead atoms. The number of hydrogen-bond acceptors (Lipinski definition) is 3. The third-order valence-corrected chi connectivity index (χ3v) is 3.22. The highest BCUT2D eigenvalue weighted by Gasteiger charge is 2.26. The molecule has 0 aliphatic carbocycles. The van der Waals surface area contributed by atoms with E-state index in [2.05, 4.69) is 5.32 Å². The van der Waals surface area contributed by atoms with Crippen LogP contribution in [0.15, 0.2) is 18.2 Å². The molecule has 0 aromatic heterocycles. The second-order valence-corrected chi connectivity index (χ2v) is 4.94. The van der Waals surface area contributed by atoms with Gasteiger partial charge in [0.2, 0.25) is 6.79 Å². The molecule has 1 aromatic carbocycles. The van der Waals surface area contributed by atoms with Crippen molar-refractivity contribution in [2.24, 2.45) is 0 Å². The van der Waals surface area contributed by atoms with Crippen LogP contribution in [0, 0.1) is 0 Å². The van der Waals surface area contributed by atoms with Crippen LogP contribution in [0.3, 0.4) is 0 Å². The van der Waals surface area contributed by atoms with Gasteiger partial charge in [-0.1, -0.05) is 12.1 Å². The van der Waals surface area contributed by atoms with Gasteiger partial charge in [0, 0.05) is 24.6 Å². The first kappa shape index (κ1) is 15.0. The van der Waals surface area contributed by atoms with E-state index in [1.807, 2.05) is 25.1 Å². The molecule has 0 saturated carbocycles. The fraction of sp³-hybridized carbons (Fsp3) is 0.571. The van der Waals surface area contributed by atoms with E-state index in [-0.39, 0.29) is 19.3 Å². The number of benzene rings is 1. The van der Waals surface area contributed by atoms with E-state index in [9.17, 15) is 13.2 Å². The highest BCUT2D eigenvalue weighted by molar-refractivity contribution is 5.48. The molecule has 1 heterocycles. The molecule has 0 saturated heterocycles.